The minimum atomic E-state index is -0.264. The number of fused-ring (bicyclic) bond motifs is 5. The molecule has 4 N–H and O–H groups in total. The van der Waals surface area contributed by atoms with Gasteiger partial charge in [-0.05, 0) is 104 Å². The Balaban J connectivity index is 1.47. The van der Waals surface area contributed by atoms with Gasteiger partial charge in [0.1, 0.15) is 0 Å². The fraction of sp³-hybridized carbons (Fsp3) is 0.962. The van der Waals surface area contributed by atoms with Crippen molar-refractivity contribution in [3.05, 3.63) is 0 Å². The molecule has 0 aromatic rings. The van der Waals surface area contributed by atoms with Crippen LogP contribution in [-0.4, -0.2) is 46.6 Å². The van der Waals surface area contributed by atoms with Crippen molar-refractivity contribution >= 4 is 5.91 Å². The van der Waals surface area contributed by atoms with E-state index in [-0.39, 0.29) is 35.6 Å². The lowest BCUT2D eigenvalue weighted by atomic mass is 9.43. The lowest BCUT2D eigenvalue weighted by molar-refractivity contribution is -0.174. The highest BCUT2D eigenvalue weighted by atomic mass is 16.3. The second-order valence-corrected chi connectivity index (χ2v) is 12.0. The third kappa shape index (κ3) is 3.97. The predicted octanol–water partition coefficient (Wildman–Crippen LogP) is 3.50. The van der Waals surface area contributed by atoms with Crippen LogP contribution in [0.1, 0.15) is 85.0 Å². The smallest absolute Gasteiger partial charge is 0.220 e. The quantitative estimate of drug-likeness (QED) is 0.514. The maximum atomic E-state index is 12.0. The van der Waals surface area contributed by atoms with E-state index in [1.54, 1.807) is 0 Å². The van der Waals surface area contributed by atoms with Crippen molar-refractivity contribution in [3.8, 4) is 0 Å². The lowest BCUT2D eigenvalue weighted by Gasteiger charge is -2.62. The molecule has 0 spiro atoms. The number of hydrogen-bond donors (Lipinski definition) is 4. The highest BCUT2D eigenvalue weighted by Crippen LogP contribution is 2.68. The van der Waals surface area contributed by atoms with Crippen LogP contribution in [0.2, 0.25) is 0 Å². The number of carbonyl (C=O) groups is 1. The Hall–Kier alpha value is -0.650. The van der Waals surface area contributed by atoms with Crippen LogP contribution in [0.15, 0.2) is 0 Å². The van der Waals surface area contributed by atoms with Crippen LogP contribution < -0.4 is 5.32 Å². The molecule has 5 nitrogen and oxygen atoms in total. The van der Waals surface area contributed by atoms with Crippen molar-refractivity contribution in [2.45, 2.75) is 97.2 Å². The monoisotopic (exact) mass is 435 g/mol. The molecule has 0 heterocycles. The maximum Gasteiger partial charge on any atom is 0.220 e. The van der Waals surface area contributed by atoms with Gasteiger partial charge in [-0.1, -0.05) is 20.8 Å². The van der Waals surface area contributed by atoms with Gasteiger partial charge in [0.15, 0.2) is 0 Å². The summed E-state index contributed by atoms with van der Waals surface area (Å²) < 4.78 is 0. The molecule has 0 aromatic carbocycles. The van der Waals surface area contributed by atoms with Gasteiger partial charge in [-0.3, -0.25) is 4.79 Å². The Morgan fingerprint density at radius 1 is 1.06 bits per heavy atom. The third-order valence-electron chi connectivity index (χ3n) is 10.8. The van der Waals surface area contributed by atoms with Crippen LogP contribution in [0.5, 0.6) is 0 Å². The zero-order valence-electron chi connectivity index (χ0n) is 19.9. The van der Waals surface area contributed by atoms with Gasteiger partial charge < -0.3 is 20.6 Å². The standard InChI is InChI=1S/C26H45NO4/c1-16(4-9-24(31)27-12-13-28)20-7-8-21-19-6-5-17-14-18(29)10-11-25(17,2)22(19)15-23(30)26(20,21)3/h16-23,28-30H,4-15H2,1-3H3,(H,27,31)/t16?,17?,18-,19?,20?,21?,22?,23+,25?,26?/m1/s1. The molecule has 4 saturated carbocycles. The molecule has 4 fully saturated rings. The van der Waals surface area contributed by atoms with Crippen molar-refractivity contribution in [1.82, 2.24) is 5.32 Å². The normalized spacial score (nSPS) is 47.7. The molecular formula is C26H45NO4. The fourth-order valence-electron chi connectivity index (χ4n) is 9.00. The van der Waals surface area contributed by atoms with E-state index in [1.165, 1.54) is 25.7 Å². The minimum absolute atomic E-state index is 0.0167. The van der Waals surface area contributed by atoms with E-state index in [0.717, 1.165) is 32.1 Å². The van der Waals surface area contributed by atoms with Crippen molar-refractivity contribution in [3.63, 3.8) is 0 Å². The molecule has 5 heteroatoms. The van der Waals surface area contributed by atoms with Crippen molar-refractivity contribution in [2.24, 2.45) is 46.3 Å². The van der Waals surface area contributed by atoms with Gasteiger partial charge in [0, 0.05) is 13.0 Å². The number of rotatable bonds is 6. The van der Waals surface area contributed by atoms with Crippen LogP contribution in [-0.2, 0) is 4.79 Å². The largest absolute Gasteiger partial charge is 0.395 e. The topological polar surface area (TPSA) is 89.8 Å². The zero-order chi connectivity index (χ0) is 22.4. The van der Waals surface area contributed by atoms with E-state index in [1.807, 2.05) is 0 Å². The first-order chi connectivity index (χ1) is 14.7. The summed E-state index contributed by atoms with van der Waals surface area (Å²) >= 11 is 0. The molecule has 178 valence electrons. The molecule has 8 unspecified atom stereocenters. The second kappa shape index (κ2) is 8.95. The molecule has 4 rings (SSSR count). The van der Waals surface area contributed by atoms with E-state index < -0.39 is 0 Å². The van der Waals surface area contributed by atoms with Gasteiger partial charge in [-0.15, -0.1) is 0 Å². The molecule has 1 amide bonds. The Bertz CT molecular complexity index is 655. The van der Waals surface area contributed by atoms with E-state index in [9.17, 15) is 15.0 Å². The highest BCUT2D eigenvalue weighted by molar-refractivity contribution is 5.75. The summed E-state index contributed by atoms with van der Waals surface area (Å²) in [6, 6.07) is 0. The highest BCUT2D eigenvalue weighted by Gasteiger charge is 2.63. The van der Waals surface area contributed by atoms with E-state index in [4.69, 9.17) is 5.11 Å². The second-order valence-electron chi connectivity index (χ2n) is 12.0. The molecular weight excluding hydrogens is 390 g/mol. The van der Waals surface area contributed by atoms with Crippen LogP contribution in [0.25, 0.3) is 0 Å². The van der Waals surface area contributed by atoms with Crippen molar-refractivity contribution in [1.29, 1.82) is 0 Å². The lowest BCUT2D eigenvalue weighted by Crippen LogP contribution is -2.58. The average molecular weight is 436 g/mol. The average Bonchev–Trinajstić information content (AvgIpc) is 3.10. The van der Waals surface area contributed by atoms with Crippen LogP contribution in [0.4, 0.5) is 0 Å². The van der Waals surface area contributed by atoms with E-state index >= 15 is 0 Å². The van der Waals surface area contributed by atoms with Crippen molar-refractivity contribution < 1.29 is 20.1 Å². The molecule has 31 heavy (non-hydrogen) atoms. The Morgan fingerprint density at radius 3 is 2.58 bits per heavy atom. The van der Waals surface area contributed by atoms with Gasteiger partial charge in [-0.25, -0.2) is 0 Å². The van der Waals surface area contributed by atoms with Crippen molar-refractivity contribution in [2.75, 3.05) is 13.2 Å². The van der Waals surface area contributed by atoms with Gasteiger partial charge >= 0.3 is 0 Å². The first-order valence-corrected chi connectivity index (χ1v) is 13.0. The molecule has 4 aliphatic rings. The summed E-state index contributed by atoms with van der Waals surface area (Å²) in [7, 11) is 0. The Labute approximate surface area is 188 Å². The fourth-order valence-corrected chi connectivity index (χ4v) is 9.00. The SMILES string of the molecule is CC(CCC(=O)NCCO)C1CCC2C3CCC4C[C@H](O)CCC4(C)C3C[C@H](O)C12C. The molecule has 0 saturated heterocycles. The zero-order valence-corrected chi connectivity index (χ0v) is 19.9. The Kier molecular flexibility index (Phi) is 6.78. The summed E-state index contributed by atoms with van der Waals surface area (Å²) in [5.41, 5.74) is 0.235. The van der Waals surface area contributed by atoms with Crippen LogP contribution in [0, 0.1) is 46.3 Å². The number of amides is 1. The van der Waals surface area contributed by atoms with Crippen LogP contribution in [0.3, 0.4) is 0 Å². The molecule has 0 aliphatic heterocycles. The number of aliphatic hydroxyl groups excluding tert-OH is 3. The molecule has 0 aromatic heterocycles. The van der Waals surface area contributed by atoms with Gasteiger partial charge in [0.05, 0.1) is 18.8 Å². The predicted molar refractivity (Wildman–Crippen MR) is 121 cm³/mol. The van der Waals surface area contributed by atoms with Crippen LogP contribution >= 0.6 is 0 Å². The number of hydrogen-bond acceptors (Lipinski definition) is 4. The van der Waals surface area contributed by atoms with Gasteiger partial charge in [-0.2, -0.15) is 0 Å². The van der Waals surface area contributed by atoms with E-state index in [2.05, 4.69) is 26.1 Å². The molecule has 0 radical (unpaired) electrons. The number of aliphatic hydroxyl groups is 3. The first kappa shape index (κ1) is 23.5. The number of nitrogens with one attached hydrogen (secondary N) is 1. The summed E-state index contributed by atoms with van der Waals surface area (Å²) in [5.74, 6) is 3.40. The maximum absolute atomic E-state index is 12.0. The van der Waals surface area contributed by atoms with Gasteiger partial charge in [0.2, 0.25) is 5.91 Å². The third-order valence-corrected chi connectivity index (χ3v) is 10.8. The summed E-state index contributed by atoms with van der Waals surface area (Å²) in [5, 5.41) is 33.5. The van der Waals surface area contributed by atoms with Gasteiger partial charge in [0.25, 0.3) is 0 Å². The molecule has 4 aliphatic carbocycles. The van der Waals surface area contributed by atoms with E-state index in [0.29, 0.717) is 48.5 Å². The summed E-state index contributed by atoms with van der Waals surface area (Å²) in [6.45, 7) is 7.41. The Morgan fingerprint density at radius 2 is 1.84 bits per heavy atom. The number of carbonyl (C=O) groups excluding carboxylic acids is 1. The summed E-state index contributed by atoms with van der Waals surface area (Å²) in [4.78, 5) is 12.0. The molecule has 0 bridgehead atoms. The molecule has 10 atom stereocenters. The minimum Gasteiger partial charge on any atom is -0.395 e. The first-order valence-electron chi connectivity index (χ1n) is 13.0. The summed E-state index contributed by atoms with van der Waals surface area (Å²) in [6.07, 6.45) is 9.74.